The Kier molecular flexibility index (Phi) is 4.98. The van der Waals surface area contributed by atoms with E-state index in [4.69, 9.17) is 9.47 Å². The maximum atomic E-state index is 11.7. The molecular weight excluding hydrogens is 368 g/mol. The van der Waals surface area contributed by atoms with Crippen LogP contribution in [0.1, 0.15) is 65.4 Å². The summed E-state index contributed by atoms with van der Waals surface area (Å²) in [5.74, 6) is 1.33. The van der Waals surface area contributed by atoms with E-state index in [2.05, 4.69) is 20.8 Å². The fourth-order valence-corrected chi connectivity index (χ4v) is 6.23. The highest BCUT2D eigenvalue weighted by Gasteiger charge is 2.62. The van der Waals surface area contributed by atoms with Crippen molar-refractivity contribution in [2.75, 3.05) is 6.61 Å². The second-order valence-electron chi connectivity index (χ2n) is 10.3. The summed E-state index contributed by atoms with van der Waals surface area (Å²) in [6.07, 6.45) is 4.19. The topological polar surface area (TPSA) is 76.0 Å². The van der Waals surface area contributed by atoms with Crippen LogP contribution < -0.4 is 9.47 Å². The summed E-state index contributed by atoms with van der Waals surface area (Å²) in [7, 11) is 0. The van der Waals surface area contributed by atoms with E-state index in [-0.39, 0.29) is 34.7 Å². The van der Waals surface area contributed by atoms with Crippen LogP contribution in [0, 0.1) is 22.7 Å². The van der Waals surface area contributed by atoms with Crippen molar-refractivity contribution in [3.8, 4) is 11.5 Å². The summed E-state index contributed by atoms with van der Waals surface area (Å²) in [6, 6.07) is 5.66. The zero-order valence-electron chi connectivity index (χ0n) is 18.0. The number of hydrogen-bond acceptors (Lipinski definition) is 5. The number of esters is 1. The number of carbonyl (C=O) groups excluding carboxylic acids is 1. The summed E-state index contributed by atoms with van der Waals surface area (Å²) in [5, 5.41) is 22.2. The molecule has 2 saturated carbocycles. The van der Waals surface area contributed by atoms with Gasteiger partial charge in [-0.1, -0.05) is 26.8 Å². The molecular formula is C24H34O5. The fraction of sp³-hybridized carbons (Fsp3) is 0.708. The number of aliphatic hydroxyl groups is 2. The third-order valence-electron chi connectivity index (χ3n) is 8.53. The van der Waals surface area contributed by atoms with Crippen molar-refractivity contribution in [1.29, 1.82) is 0 Å². The Bertz CT molecular complexity index is 798. The van der Waals surface area contributed by atoms with E-state index in [0.717, 1.165) is 31.2 Å². The summed E-state index contributed by atoms with van der Waals surface area (Å²) in [5.41, 5.74) is -0.313. The standard InChI is InChI=1S/C24H34O5/c1-22(2)19-9-7-16(24(4,27)23(19,3)12-11-20(22)25)14-28-17-8-5-15-6-10-21(26)29-18(15)13-17/h5,8,13,16,19-20,25,27H,6-7,9-12,14H2,1-4H3/t16-,19-,20+,23+,24-/m1/s1. The highest BCUT2D eigenvalue weighted by atomic mass is 16.5. The second kappa shape index (κ2) is 6.98. The van der Waals surface area contributed by atoms with Crippen LogP contribution in [0.4, 0.5) is 0 Å². The number of aryl methyl sites for hydroxylation is 1. The molecule has 0 saturated heterocycles. The molecule has 0 radical (unpaired) electrons. The van der Waals surface area contributed by atoms with Crippen LogP contribution in [0.15, 0.2) is 18.2 Å². The van der Waals surface area contributed by atoms with E-state index in [1.807, 2.05) is 19.1 Å². The van der Waals surface area contributed by atoms with Crippen LogP contribution in [0.5, 0.6) is 11.5 Å². The highest BCUT2D eigenvalue weighted by molar-refractivity contribution is 5.75. The van der Waals surface area contributed by atoms with E-state index in [1.54, 1.807) is 6.07 Å². The summed E-state index contributed by atoms with van der Waals surface area (Å²) in [6.45, 7) is 8.85. The van der Waals surface area contributed by atoms with Gasteiger partial charge in [-0.3, -0.25) is 4.79 Å². The molecule has 5 heteroatoms. The van der Waals surface area contributed by atoms with Crippen LogP contribution in [-0.4, -0.2) is 34.5 Å². The molecule has 4 rings (SSSR count). The Morgan fingerprint density at radius 1 is 1.14 bits per heavy atom. The van der Waals surface area contributed by atoms with Gasteiger partial charge in [0.1, 0.15) is 11.5 Å². The second-order valence-corrected chi connectivity index (χ2v) is 10.3. The van der Waals surface area contributed by atoms with Crippen molar-refractivity contribution in [3.63, 3.8) is 0 Å². The van der Waals surface area contributed by atoms with Gasteiger partial charge in [0, 0.05) is 12.0 Å². The summed E-state index contributed by atoms with van der Waals surface area (Å²) >= 11 is 0. The van der Waals surface area contributed by atoms with Crippen LogP contribution >= 0.6 is 0 Å². The van der Waals surface area contributed by atoms with E-state index in [9.17, 15) is 15.0 Å². The lowest BCUT2D eigenvalue weighted by Crippen LogP contribution is -2.64. The van der Waals surface area contributed by atoms with Crippen molar-refractivity contribution >= 4 is 5.97 Å². The SMILES string of the molecule is CC1(C)[C@H]2CC[C@H](COc3ccc4c(c3)OC(=O)CC4)[C@@](C)(O)[C@@]2(C)CC[C@@H]1O. The molecule has 0 bridgehead atoms. The van der Waals surface area contributed by atoms with Crippen molar-refractivity contribution in [3.05, 3.63) is 23.8 Å². The van der Waals surface area contributed by atoms with Gasteiger partial charge in [0.25, 0.3) is 0 Å². The van der Waals surface area contributed by atoms with Crippen LogP contribution in [0.2, 0.25) is 0 Å². The number of fused-ring (bicyclic) bond motifs is 2. The lowest BCUT2D eigenvalue weighted by Gasteiger charge is -2.63. The number of benzene rings is 1. The zero-order valence-corrected chi connectivity index (χ0v) is 18.0. The number of hydrogen-bond donors (Lipinski definition) is 2. The first-order valence-corrected chi connectivity index (χ1v) is 10.9. The van der Waals surface area contributed by atoms with Gasteiger partial charge in [0.2, 0.25) is 0 Å². The first-order valence-electron chi connectivity index (χ1n) is 10.9. The van der Waals surface area contributed by atoms with Gasteiger partial charge < -0.3 is 19.7 Å². The third-order valence-corrected chi connectivity index (χ3v) is 8.53. The van der Waals surface area contributed by atoms with Gasteiger partial charge in [-0.05, 0) is 67.4 Å². The molecule has 2 fully saturated rings. The van der Waals surface area contributed by atoms with Crippen molar-refractivity contribution in [1.82, 2.24) is 0 Å². The monoisotopic (exact) mass is 402 g/mol. The predicted octanol–water partition coefficient (Wildman–Crippen LogP) is 3.88. The van der Waals surface area contributed by atoms with Gasteiger partial charge in [-0.25, -0.2) is 0 Å². The van der Waals surface area contributed by atoms with E-state index < -0.39 is 5.60 Å². The molecule has 1 heterocycles. The van der Waals surface area contributed by atoms with Gasteiger partial charge in [-0.15, -0.1) is 0 Å². The van der Waals surface area contributed by atoms with Crippen molar-refractivity contribution < 1.29 is 24.5 Å². The number of aliphatic hydroxyl groups excluding tert-OH is 1. The molecule has 160 valence electrons. The number of ether oxygens (including phenoxy) is 2. The van der Waals surface area contributed by atoms with Crippen LogP contribution in [-0.2, 0) is 11.2 Å². The van der Waals surface area contributed by atoms with E-state index in [0.29, 0.717) is 30.9 Å². The summed E-state index contributed by atoms with van der Waals surface area (Å²) in [4.78, 5) is 11.6. The quantitative estimate of drug-likeness (QED) is 0.593. The molecule has 5 nitrogen and oxygen atoms in total. The third kappa shape index (κ3) is 3.27. The first-order chi connectivity index (χ1) is 13.6. The molecule has 29 heavy (non-hydrogen) atoms. The predicted molar refractivity (Wildman–Crippen MR) is 110 cm³/mol. The lowest BCUT2D eigenvalue weighted by atomic mass is 9.44. The van der Waals surface area contributed by atoms with E-state index in [1.165, 1.54) is 0 Å². The molecule has 3 aliphatic rings. The van der Waals surface area contributed by atoms with E-state index >= 15 is 0 Å². The number of carbonyl (C=O) groups is 1. The Morgan fingerprint density at radius 2 is 1.90 bits per heavy atom. The smallest absolute Gasteiger partial charge is 0.311 e. The Morgan fingerprint density at radius 3 is 2.66 bits per heavy atom. The molecule has 0 amide bonds. The average Bonchev–Trinajstić information content (AvgIpc) is 2.65. The Labute approximate surface area is 173 Å². The maximum Gasteiger partial charge on any atom is 0.311 e. The maximum absolute atomic E-state index is 11.7. The van der Waals surface area contributed by atoms with Crippen LogP contribution in [0.3, 0.4) is 0 Å². The molecule has 1 aromatic rings. The molecule has 2 N–H and O–H groups in total. The molecule has 0 aromatic heterocycles. The Balaban J connectivity index is 1.49. The molecule has 2 aliphatic carbocycles. The lowest BCUT2D eigenvalue weighted by molar-refractivity contribution is -0.227. The molecule has 1 aromatic carbocycles. The molecule has 1 aliphatic heterocycles. The normalized spacial score (nSPS) is 38.6. The first kappa shape index (κ1) is 20.7. The minimum absolute atomic E-state index is 0.00776. The van der Waals surface area contributed by atoms with Crippen molar-refractivity contribution in [2.45, 2.75) is 77.9 Å². The highest BCUT2D eigenvalue weighted by Crippen LogP contribution is 2.62. The minimum Gasteiger partial charge on any atom is -0.493 e. The fourth-order valence-electron chi connectivity index (χ4n) is 6.23. The van der Waals surface area contributed by atoms with Crippen molar-refractivity contribution in [2.24, 2.45) is 22.7 Å². The van der Waals surface area contributed by atoms with Crippen LogP contribution in [0.25, 0.3) is 0 Å². The summed E-state index contributed by atoms with van der Waals surface area (Å²) < 4.78 is 11.4. The molecule has 0 unspecified atom stereocenters. The minimum atomic E-state index is -0.881. The molecule has 0 spiro atoms. The average molecular weight is 403 g/mol. The van der Waals surface area contributed by atoms with Gasteiger partial charge in [-0.2, -0.15) is 0 Å². The van der Waals surface area contributed by atoms with Gasteiger partial charge in [0.05, 0.1) is 24.7 Å². The largest absolute Gasteiger partial charge is 0.493 e. The van der Waals surface area contributed by atoms with Gasteiger partial charge in [0.15, 0.2) is 0 Å². The molecule has 5 atom stereocenters. The van der Waals surface area contributed by atoms with Gasteiger partial charge >= 0.3 is 5.97 Å². The Hall–Kier alpha value is -1.59. The number of rotatable bonds is 3. The zero-order chi connectivity index (χ0) is 21.0.